The van der Waals surface area contributed by atoms with Crippen LogP contribution in [0.25, 0.3) is 0 Å². The van der Waals surface area contributed by atoms with Crippen molar-refractivity contribution in [2.24, 2.45) is 5.73 Å². The van der Waals surface area contributed by atoms with Gasteiger partial charge in [-0.1, -0.05) is 0 Å². The lowest BCUT2D eigenvalue weighted by Gasteiger charge is -2.23. The molecule has 0 heterocycles. The van der Waals surface area contributed by atoms with E-state index in [1.807, 2.05) is 34.6 Å². The minimum Gasteiger partial charge on any atom is -0.444 e. The fourth-order valence-corrected chi connectivity index (χ4v) is 0.951. The van der Waals surface area contributed by atoms with Gasteiger partial charge in [-0.25, -0.2) is 4.79 Å². The Bertz CT molecular complexity index is 212. The van der Waals surface area contributed by atoms with Crippen molar-refractivity contribution >= 4 is 6.09 Å². The standard InChI is InChI=1S/C11H24N2O3/c1-8(2)15-7-9(6-12)13-10(14)16-11(3,4)5/h8-9H,6-7,12H2,1-5H3,(H,13,14). The quantitative estimate of drug-likeness (QED) is 0.748. The Morgan fingerprint density at radius 1 is 1.38 bits per heavy atom. The van der Waals surface area contributed by atoms with E-state index < -0.39 is 11.7 Å². The Balaban J connectivity index is 3.97. The number of nitrogens with two attached hydrogens (primary N) is 1. The zero-order chi connectivity index (χ0) is 12.8. The van der Waals surface area contributed by atoms with Gasteiger partial charge in [-0.15, -0.1) is 0 Å². The molecule has 96 valence electrons. The van der Waals surface area contributed by atoms with Crippen LogP contribution in [-0.4, -0.2) is 37.0 Å². The highest BCUT2D eigenvalue weighted by atomic mass is 16.6. The lowest BCUT2D eigenvalue weighted by Crippen LogP contribution is -2.45. The van der Waals surface area contributed by atoms with Crippen molar-refractivity contribution in [3.63, 3.8) is 0 Å². The van der Waals surface area contributed by atoms with Gasteiger partial charge in [0.25, 0.3) is 0 Å². The molecule has 0 aliphatic carbocycles. The first kappa shape index (κ1) is 15.2. The molecular formula is C11H24N2O3. The van der Waals surface area contributed by atoms with E-state index in [-0.39, 0.29) is 12.1 Å². The van der Waals surface area contributed by atoms with Crippen LogP contribution in [0.3, 0.4) is 0 Å². The topological polar surface area (TPSA) is 73.6 Å². The van der Waals surface area contributed by atoms with Gasteiger partial charge in [0, 0.05) is 6.54 Å². The maximum Gasteiger partial charge on any atom is 0.407 e. The molecule has 1 unspecified atom stereocenters. The van der Waals surface area contributed by atoms with E-state index in [2.05, 4.69) is 5.32 Å². The summed E-state index contributed by atoms with van der Waals surface area (Å²) in [6.45, 7) is 10.0. The molecule has 16 heavy (non-hydrogen) atoms. The number of hydrogen-bond donors (Lipinski definition) is 2. The SMILES string of the molecule is CC(C)OCC(CN)NC(=O)OC(C)(C)C. The Morgan fingerprint density at radius 3 is 2.31 bits per heavy atom. The Labute approximate surface area is 97.7 Å². The van der Waals surface area contributed by atoms with E-state index in [1.54, 1.807) is 0 Å². The van der Waals surface area contributed by atoms with Gasteiger partial charge in [-0.3, -0.25) is 0 Å². The molecule has 0 fully saturated rings. The van der Waals surface area contributed by atoms with Gasteiger partial charge < -0.3 is 20.5 Å². The van der Waals surface area contributed by atoms with Gasteiger partial charge in [0.15, 0.2) is 0 Å². The van der Waals surface area contributed by atoms with Crippen molar-refractivity contribution in [1.29, 1.82) is 0 Å². The minimum atomic E-state index is -0.498. The summed E-state index contributed by atoms with van der Waals surface area (Å²) in [6, 6.07) is -0.211. The van der Waals surface area contributed by atoms with E-state index in [1.165, 1.54) is 0 Å². The van der Waals surface area contributed by atoms with Crippen LogP contribution in [0.4, 0.5) is 4.79 Å². The van der Waals surface area contributed by atoms with E-state index in [0.717, 1.165) is 0 Å². The van der Waals surface area contributed by atoms with Crippen molar-refractivity contribution in [3.05, 3.63) is 0 Å². The van der Waals surface area contributed by atoms with Crippen LogP contribution < -0.4 is 11.1 Å². The van der Waals surface area contributed by atoms with E-state index >= 15 is 0 Å². The summed E-state index contributed by atoms with van der Waals surface area (Å²) in [7, 11) is 0. The minimum absolute atomic E-state index is 0.120. The Hall–Kier alpha value is -0.810. The van der Waals surface area contributed by atoms with Crippen molar-refractivity contribution in [1.82, 2.24) is 5.32 Å². The summed E-state index contributed by atoms with van der Waals surface area (Å²) in [4.78, 5) is 11.4. The predicted octanol–water partition coefficient (Wildman–Crippen LogP) is 1.26. The van der Waals surface area contributed by atoms with Crippen molar-refractivity contribution in [2.75, 3.05) is 13.2 Å². The average molecular weight is 232 g/mol. The van der Waals surface area contributed by atoms with E-state index in [0.29, 0.717) is 13.2 Å². The third-order valence-electron chi connectivity index (χ3n) is 1.64. The molecule has 0 aliphatic heterocycles. The molecule has 1 atom stereocenters. The van der Waals surface area contributed by atoms with Gasteiger partial charge in [0.2, 0.25) is 0 Å². The first-order valence-electron chi connectivity index (χ1n) is 5.55. The second-order valence-corrected chi connectivity index (χ2v) is 4.96. The summed E-state index contributed by atoms with van der Waals surface area (Å²) in [5.74, 6) is 0. The zero-order valence-electron chi connectivity index (χ0n) is 10.9. The van der Waals surface area contributed by atoms with E-state index in [9.17, 15) is 4.79 Å². The Kier molecular flexibility index (Phi) is 6.36. The molecule has 3 N–H and O–H groups in total. The third kappa shape index (κ3) is 8.49. The van der Waals surface area contributed by atoms with Gasteiger partial charge in [-0.2, -0.15) is 0 Å². The predicted molar refractivity (Wildman–Crippen MR) is 63.3 cm³/mol. The molecule has 0 aromatic rings. The fraction of sp³-hybridized carbons (Fsp3) is 0.909. The molecule has 0 spiro atoms. The number of nitrogens with one attached hydrogen (secondary N) is 1. The summed E-state index contributed by atoms with van der Waals surface area (Å²) in [5.41, 5.74) is 5.02. The summed E-state index contributed by atoms with van der Waals surface area (Å²) in [5, 5.41) is 2.67. The highest BCUT2D eigenvalue weighted by Crippen LogP contribution is 2.06. The van der Waals surface area contributed by atoms with Crippen LogP contribution in [0.5, 0.6) is 0 Å². The highest BCUT2D eigenvalue weighted by molar-refractivity contribution is 5.68. The molecule has 0 saturated carbocycles. The molecule has 0 aromatic heterocycles. The summed E-state index contributed by atoms with van der Waals surface area (Å²) in [6.07, 6.45) is -0.343. The second-order valence-electron chi connectivity index (χ2n) is 4.96. The van der Waals surface area contributed by atoms with Gasteiger partial charge in [0.1, 0.15) is 5.60 Å². The van der Waals surface area contributed by atoms with Crippen LogP contribution in [0, 0.1) is 0 Å². The van der Waals surface area contributed by atoms with Crippen LogP contribution >= 0.6 is 0 Å². The largest absolute Gasteiger partial charge is 0.444 e. The van der Waals surface area contributed by atoms with Gasteiger partial charge >= 0.3 is 6.09 Å². The molecule has 1 amide bonds. The maximum absolute atomic E-state index is 11.4. The molecule has 0 aliphatic rings. The number of amides is 1. The molecule has 0 aromatic carbocycles. The number of carbonyl (C=O) groups excluding carboxylic acids is 1. The number of hydrogen-bond acceptors (Lipinski definition) is 4. The third-order valence-corrected chi connectivity index (χ3v) is 1.64. The highest BCUT2D eigenvalue weighted by Gasteiger charge is 2.19. The first-order valence-corrected chi connectivity index (χ1v) is 5.55. The summed E-state index contributed by atoms with van der Waals surface area (Å²) < 4.78 is 10.5. The average Bonchev–Trinajstić information content (AvgIpc) is 2.08. The molecule has 0 rings (SSSR count). The Morgan fingerprint density at radius 2 is 1.94 bits per heavy atom. The number of alkyl carbamates (subject to hydrolysis) is 1. The molecule has 5 heteroatoms. The van der Waals surface area contributed by atoms with Gasteiger partial charge in [0.05, 0.1) is 18.8 Å². The summed E-state index contributed by atoms with van der Waals surface area (Å²) >= 11 is 0. The monoisotopic (exact) mass is 232 g/mol. The zero-order valence-corrected chi connectivity index (χ0v) is 10.9. The van der Waals surface area contributed by atoms with Gasteiger partial charge in [-0.05, 0) is 34.6 Å². The first-order chi connectivity index (χ1) is 7.24. The van der Waals surface area contributed by atoms with Crippen LogP contribution in [0.2, 0.25) is 0 Å². The number of rotatable bonds is 5. The van der Waals surface area contributed by atoms with Crippen LogP contribution in [0.15, 0.2) is 0 Å². The molecule has 0 saturated heterocycles. The second kappa shape index (κ2) is 6.70. The fourth-order valence-electron chi connectivity index (χ4n) is 0.951. The molecule has 0 bridgehead atoms. The van der Waals surface area contributed by atoms with Crippen LogP contribution in [-0.2, 0) is 9.47 Å². The molecule has 5 nitrogen and oxygen atoms in total. The van der Waals surface area contributed by atoms with Crippen molar-refractivity contribution < 1.29 is 14.3 Å². The normalized spacial score (nSPS) is 13.7. The molecule has 0 radical (unpaired) electrons. The lowest BCUT2D eigenvalue weighted by molar-refractivity contribution is 0.0364. The number of carbonyl (C=O) groups is 1. The molecular weight excluding hydrogens is 208 g/mol. The maximum atomic E-state index is 11.4. The lowest BCUT2D eigenvalue weighted by atomic mass is 10.2. The van der Waals surface area contributed by atoms with Crippen molar-refractivity contribution in [2.45, 2.75) is 52.4 Å². The van der Waals surface area contributed by atoms with Crippen LogP contribution in [0.1, 0.15) is 34.6 Å². The van der Waals surface area contributed by atoms with Crippen molar-refractivity contribution in [3.8, 4) is 0 Å². The smallest absolute Gasteiger partial charge is 0.407 e. The van der Waals surface area contributed by atoms with E-state index in [4.69, 9.17) is 15.2 Å². The number of ether oxygens (including phenoxy) is 2.